The van der Waals surface area contributed by atoms with Crippen LogP contribution in [0.25, 0.3) is 0 Å². The molecule has 0 aliphatic rings. The van der Waals surface area contributed by atoms with E-state index in [2.05, 4.69) is 10.6 Å². The molecule has 0 aliphatic heterocycles. The summed E-state index contributed by atoms with van der Waals surface area (Å²) in [6.45, 7) is 1.78. The lowest BCUT2D eigenvalue weighted by molar-refractivity contribution is -0.115. The second kappa shape index (κ2) is 6.52. The Morgan fingerprint density at radius 2 is 1.60 bits per heavy atom. The van der Waals surface area contributed by atoms with E-state index in [9.17, 15) is 9.59 Å². The summed E-state index contributed by atoms with van der Waals surface area (Å²) in [5.74, 6) is -0.283. The Labute approximate surface area is 117 Å². The highest BCUT2D eigenvalue weighted by Crippen LogP contribution is 2.13. The third kappa shape index (κ3) is 3.68. The van der Waals surface area contributed by atoms with E-state index in [-0.39, 0.29) is 11.8 Å². The molecule has 0 heterocycles. The van der Waals surface area contributed by atoms with Crippen molar-refractivity contribution in [1.29, 1.82) is 0 Å². The van der Waals surface area contributed by atoms with Crippen LogP contribution < -0.4 is 10.6 Å². The van der Waals surface area contributed by atoms with E-state index in [4.69, 9.17) is 0 Å². The molecular formula is C16H16N2O2. The van der Waals surface area contributed by atoms with Crippen molar-refractivity contribution in [3.8, 4) is 0 Å². The lowest BCUT2D eigenvalue weighted by atomic mass is 10.1. The predicted molar refractivity (Wildman–Crippen MR) is 79.8 cm³/mol. The van der Waals surface area contributed by atoms with Crippen LogP contribution >= 0.6 is 0 Å². The maximum atomic E-state index is 12.1. The number of carbonyl (C=O) groups is 2. The molecule has 0 radical (unpaired) electrons. The summed E-state index contributed by atoms with van der Waals surface area (Å²) in [6, 6.07) is 16.1. The Morgan fingerprint density at radius 3 is 2.30 bits per heavy atom. The Kier molecular flexibility index (Phi) is 4.50. The summed E-state index contributed by atoms with van der Waals surface area (Å²) in [6.07, 6.45) is 0.403. The van der Waals surface area contributed by atoms with Crippen molar-refractivity contribution in [2.75, 3.05) is 10.6 Å². The van der Waals surface area contributed by atoms with Crippen molar-refractivity contribution in [3.63, 3.8) is 0 Å². The molecule has 0 atom stereocenters. The molecule has 4 nitrogen and oxygen atoms in total. The van der Waals surface area contributed by atoms with Crippen LogP contribution in [0.1, 0.15) is 23.7 Å². The molecular weight excluding hydrogens is 252 g/mol. The summed E-state index contributed by atoms with van der Waals surface area (Å²) in [4.78, 5) is 23.4. The average Bonchev–Trinajstić information content (AvgIpc) is 2.48. The summed E-state index contributed by atoms with van der Waals surface area (Å²) in [5, 5.41) is 5.53. The minimum atomic E-state index is -0.205. The molecule has 0 saturated carbocycles. The Balaban J connectivity index is 2.10. The monoisotopic (exact) mass is 268 g/mol. The number of carbonyl (C=O) groups excluding carboxylic acids is 2. The van der Waals surface area contributed by atoms with Crippen LogP contribution in [0.2, 0.25) is 0 Å². The standard InChI is InChI=1S/C16H16N2O2/c1-2-15(19)17-14-10-6-7-12(11-14)16(20)18-13-8-4-3-5-9-13/h3-11H,2H2,1H3,(H,17,19)(H,18,20). The van der Waals surface area contributed by atoms with E-state index in [0.717, 1.165) is 5.69 Å². The molecule has 2 amide bonds. The maximum absolute atomic E-state index is 12.1. The smallest absolute Gasteiger partial charge is 0.255 e. The Hall–Kier alpha value is -2.62. The van der Waals surface area contributed by atoms with Crippen LogP contribution in [0.5, 0.6) is 0 Å². The van der Waals surface area contributed by atoms with Crippen LogP contribution in [0.15, 0.2) is 54.6 Å². The molecule has 0 aliphatic carbocycles. The fourth-order valence-electron chi connectivity index (χ4n) is 1.71. The van der Waals surface area contributed by atoms with Gasteiger partial charge in [0.2, 0.25) is 5.91 Å². The van der Waals surface area contributed by atoms with E-state index < -0.39 is 0 Å². The van der Waals surface area contributed by atoms with Gasteiger partial charge in [0, 0.05) is 23.4 Å². The molecule has 20 heavy (non-hydrogen) atoms. The van der Waals surface area contributed by atoms with Crippen molar-refractivity contribution in [3.05, 3.63) is 60.2 Å². The van der Waals surface area contributed by atoms with Crippen molar-refractivity contribution in [1.82, 2.24) is 0 Å². The van der Waals surface area contributed by atoms with Gasteiger partial charge >= 0.3 is 0 Å². The number of amides is 2. The summed E-state index contributed by atoms with van der Waals surface area (Å²) in [5.41, 5.74) is 1.86. The topological polar surface area (TPSA) is 58.2 Å². The van der Waals surface area contributed by atoms with Gasteiger partial charge in [0.05, 0.1) is 0 Å². The molecule has 0 unspecified atom stereocenters. The lowest BCUT2D eigenvalue weighted by Gasteiger charge is -2.07. The molecule has 0 aromatic heterocycles. The highest BCUT2D eigenvalue weighted by atomic mass is 16.2. The first-order valence-electron chi connectivity index (χ1n) is 6.45. The van der Waals surface area contributed by atoms with Gasteiger partial charge < -0.3 is 10.6 Å². The number of benzene rings is 2. The van der Waals surface area contributed by atoms with Crippen LogP contribution in [-0.4, -0.2) is 11.8 Å². The van der Waals surface area contributed by atoms with Crippen LogP contribution in [0.4, 0.5) is 11.4 Å². The van der Waals surface area contributed by atoms with Gasteiger partial charge in [-0.15, -0.1) is 0 Å². The van der Waals surface area contributed by atoms with Crippen molar-refractivity contribution >= 4 is 23.2 Å². The number of rotatable bonds is 4. The first kappa shape index (κ1) is 13.8. The van der Waals surface area contributed by atoms with E-state index in [1.165, 1.54) is 0 Å². The number of anilines is 2. The molecule has 2 aromatic carbocycles. The molecule has 4 heteroatoms. The second-order valence-corrected chi connectivity index (χ2v) is 4.30. The second-order valence-electron chi connectivity index (χ2n) is 4.30. The maximum Gasteiger partial charge on any atom is 0.255 e. The lowest BCUT2D eigenvalue weighted by Crippen LogP contribution is -2.13. The molecule has 0 spiro atoms. The molecule has 0 bridgehead atoms. The molecule has 2 rings (SSSR count). The molecule has 2 N–H and O–H groups in total. The first-order valence-corrected chi connectivity index (χ1v) is 6.45. The van der Waals surface area contributed by atoms with Crippen molar-refractivity contribution < 1.29 is 9.59 Å². The summed E-state index contributed by atoms with van der Waals surface area (Å²) in [7, 11) is 0. The van der Waals surface area contributed by atoms with E-state index in [1.54, 1.807) is 31.2 Å². The zero-order valence-electron chi connectivity index (χ0n) is 11.2. The summed E-state index contributed by atoms with van der Waals surface area (Å²) < 4.78 is 0. The van der Waals surface area contributed by atoms with Crippen LogP contribution in [0, 0.1) is 0 Å². The predicted octanol–water partition coefficient (Wildman–Crippen LogP) is 3.29. The third-order valence-electron chi connectivity index (χ3n) is 2.76. The van der Waals surface area contributed by atoms with Crippen LogP contribution in [-0.2, 0) is 4.79 Å². The number of hydrogen-bond donors (Lipinski definition) is 2. The van der Waals surface area contributed by atoms with E-state index in [1.807, 2.05) is 30.3 Å². The minimum Gasteiger partial charge on any atom is -0.326 e. The quantitative estimate of drug-likeness (QED) is 0.894. The van der Waals surface area contributed by atoms with Gasteiger partial charge in [-0.1, -0.05) is 31.2 Å². The van der Waals surface area contributed by atoms with Gasteiger partial charge in [-0.3, -0.25) is 9.59 Å². The molecule has 2 aromatic rings. The fraction of sp³-hybridized carbons (Fsp3) is 0.125. The molecule has 0 fully saturated rings. The zero-order valence-corrected chi connectivity index (χ0v) is 11.2. The molecule has 0 saturated heterocycles. The minimum absolute atomic E-state index is 0.0781. The highest BCUT2D eigenvalue weighted by Gasteiger charge is 2.07. The zero-order chi connectivity index (χ0) is 14.4. The molecule has 102 valence electrons. The number of hydrogen-bond acceptors (Lipinski definition) is 2. The van der Waals surface area contributed by atoms with Gasteiger partial charge in [-0.2, -0.15) is 0 Å². The number of para-hydroxylation sites is 1. The largest absolute Gasteiger partial charge is 0.326 e. The SMILES string of the molecule is CCC(=O)Nc1cccc(C(=O)Nc2ccccc2)c1. The fourth-order valence-corrected chi connectivity index (χ4v) is 1.71. The van der Waals surface area contributed by atoms with Crippen LogP contribution in [0.3, 0.4) is 0 Å². The van der Waals surface area contributed by atoms with Gasteiger partial charge in [0.1, 0.15) is 0 Å². The van der Waals surface area contributed by atoms with Gasteiger partial charge in [0.25, 0.3) is 5.91 Å². The van der Waals surface area contributed by atoms with Gasteiger partial charge in [-0.25, -0.2) is 0 Å². The highest BCUT2D eigenvalue weighted by molar-refractivity contribution is 6.05. The average molecular weight is 268 g/mol. The Bertz CT molecular complexity index is 609. The number of nitrogens with one attached hydrogen (secondary N) is 2. The van der Waals surface area contributed by atoms with E-state index >= 15 is 0 Å². The normalized spacial score (nSPS) is 9.85. The van der Waals surface area contributed by atoms with Gasteiger partial charge in [-0.05, 0) is 30.3 Å². The Morgan fingerprint density at radius 1 is 0.900 bits per heavy atom. The van der Waals surface area contributed by atoms with E-state index in [0.29, 0.717) is 17.7 Å². The summed E-state index contributed by atoms with van der Waals surface area (Å²) >= 11 is 0. The third-order valence-corrected chi connectivity index (χ3v) is 2.76. The van der Waals surface area contributed by atoms with Gasteiger partial charge in [0.15, 0.2) is 0 Å². The van der Waals surface area contributed by atoms with Crippen molar-refractivity contribution in [2.45, 2.75) is 13.3 Å². The first-order chi connectivity index (χ1) is 9.69. The van der Waals surface area contributed by atoms with Crippen molar-refractivity contribution in [2.24, 2.45) is 0 Å².